The quantitative estimate of drug-likeness (QED) is 0.609. The highest BCUT2D eigenvalue weighted by Gasteiger charge is 2.09. The molecule has 14 heavy (non-hydrogen) atoms. The van der Waals surface area contributed by atoms with Crippen LogP contribution in [0.1, 0.15) is 5.69 Å². The molecular weight excluding hydrogens is 376 g/mol. The first-order chi connectivity index (χ1) is 6.61. The van der Waals surface area contributed by atoms with Crippen LogP contribution in [0.4, 0.5) is 0 Å². The Morgan fingerprint density at radius 2 is 2.14 bits per heavy atom. The Bertz CT molecular complexity index is 513. The predicted octanol–water partition coefficient (Wildman–Crippen LogP) is 4.56. The SMILES string of the molecule is Cc1nc2c(Br)cccc2c(Cl)c1I. The fraction of sp³-hybridized carbons (Fsp3) is 0.100. The second-order valence-corrected chi connectivity index (χ2v) is 5.27. The van der Waals surface area contributed by atoms with Crippen LogP contribution in [-0.2, 0) is 0 Å². The Balaban J connectivity index is 2.98. The summed E-state index contributed by atoms with van der Waals surface area (Å²) in [5.41, 5.74) is 1.89. The van der Waals surface area contributed by atoms with Crippen molar-refractivity contribution in [3.8, 4) is 0 Å². The van der Waals surface area contributed by atoms with E-state index in [-0.39, 0.29) is 0 Å². The van der Waals surface area contributed by atoms with Crippen LogP contribution in [0, 0.1) is 10.5 Å². The number of rotatable bonds is 0. The molecule has 0 saturated carbocycles. The van der Waals surface area contributed by atoms with E-state index in [9.17, 15) is 0 Å². The van der Waals surface area contributed by atoms with Gasteiger partial charge in [0.15, 0.2) is 0 Å². The predicted molar refractivity (Wildman–Crippen MR) is 71.9 cm³/mol. The van der Waals surface area contributed by atoms with Gasteiger partial charge in [0.1, 0.15) is 0 Å². The zero-order valence-electron chi connectivity index (χ0n) is 7.31. The fourth-order valence-electron chi connectivity index (χ4n) is 1.30. The topological polar surface area (TPSA) is 12.9 Å². The summed E-state index contributed by atoms with van der Waals surface area (Å²) in [5.74, 6) is 0. The third-order valence-corrected chi connectivity index (χ3v) is 4.68. The number of halogens is 3. The van der Waals surface area contributed by atoms with E-state index in [0.29, 0.717) is 0 Å². The molecule has 2 aromatic rings. The Morgan fingerprint density at radius 1 is 1.43 bits per heavy atom. The van der Waals surface area contributed by atoms with Crippen molar-refractivity contribution in [3.05, 3.63) is 37.0 Å². The van der Waals surface area contributed by atoms with Gasteiger partial charge in [-0.05, 0) is 51.5 Å². The third-order valence-electron chi connectivity index (χ3n) is 2.01. The summed E-state index contributed by atoms with van der Waals surface area (Å²) in [6.07, 6.45) is 0. The molecule has 1 heterocycles. The van der Waals surface area contributed by atoms with Crippen molar-refractivity contribution in [2.45, 2.75) is 6.92 Å². The summed E-state index contributed by atoms with van der Waals surface area (Å²) in [5, 5.41) is 1.78. The molecule has 0 radical (unpaired) electrons. The van der Waals surface area contributed by atoms with Crippen LogP contribution >= 0.6 is 50.1 Å². The maximum Gasteiger partial charge on any atom is 0.0862 e. The highest BCUT2D eigenvalue weighted by atomic mass is 127. The molecule has 0 spiro atoms. The van der Waals surface area contributed by atoms with Crippen LogP contribution in [0.2, 0.25) is 5.02 Å². The average molecular weight is 382 g/mol. The van der Waals surface area contributed by atoms with Gasteiger partial charge in [0.25, 0.3) is 0 Å². The molecule has 0 aliphatic rings. The van der Waals surface area contributed by atoms with Gasteiger partial charge in [0.2, 0.25) is 0 Å². The number of aryl methyl sites for hydroxylation is 1. The molecular formula is C10H6BrClIN. The molecule has 0 saturated heterocycles. The van der Waals surface area contributed by atoms with E-state index >= 15 is 0 Å². The molecule has 1 nitrogen and oxygen atoms in total. The van der Waals surface area contributed by atoms with Gasteiger partial charge in [-0.2, -0.15) is 0 Å². The summed E-state index contributed by atoms with van der Waals surface area (Å²) in [6.45, 7) is 1.96. The van der Waals surface area contributed by atoms with Crippen molar-refractivity contribution in [3.63, 3.8) is 0 Å². The van der Waals surface area contributed by atoms with Crippen LogP contribution in [0.3, 0.4) is 0 Å². The average Bonchev–Trinajstić information content (AvgIpc) is 2.17. The number of benzene rings is 1. The first-order valence-corrected chi connectivity index (χ1v) is 6.26. The number of nitrogens with zero attached hydrogens (tertiary/aromatic N) is 1. The van der Waals surface area contributed by atoms with Gasteiger partial charge in [-0.15, -0.1) is 0 Å². The Labute approximate surface area is 109 Å². The number of para-hydroxylation sites is 1. The van der Waals surface area contributed by atoms with Crippen LogP contribution in [-0.4, -0.2) is 4.98 Å². The molecule has 0 bridgehead atoms. The van der Waals surface area contributed by atoms with Crippen molar-refractivity contribution in [1.29, 1.82) is 0 Å². The molecule has 0 N–H and O–H groups in total. The Morgan fingerprint density at radius 3 is 2.86 bits per heavy atom. The molecule has 0 aliphatic heterocycles. The zero-order chi connectivity index (χ0) is 10.3. The van der Waals surface area contributed by atoms with Crippen molar-refractivity contribution in [2.75, 3.05) is 0 Å². The maximum absolute atomic E-state index is 6.23. The molecule has 0 amide bonds. The minimum Gasteiger partial charge on any atom is -0.251 e. The largest absolute Gasteiger partial charge is 0.251 e. The van der Waals surface area contributed by atoms with E-state index in [1.807, 2.05) is 25.1 Å². The molecule has 2 rings (SSSR count). The second kappa shape index (κ2) is 3.94. The van der Waals surface area contributed by atoms with E-state index in [1.54, 1.807) is 0 Å². The first-order valence-electron chi connectivity index (χ1n) is 4.01. The van der Waals surface area contributed by atoms with Gasteiger partial charge in [-0.1, -0.05) is 23.7 Å². The smallest absolute Gasteiger partial charge is 0.0862 e. The lowest BCUT2D eigenvalue weighted by Crippen LogP contribution is -1.90. The van der Waals surface area contributed by atoms with E-state index in [1.165, 1.54) is 0 Å². The zero-order valence-corrected chi connectivity index (χ0v) is 11.8. The molecule has 4 heteroatoms. The number of aromatic nitrogens is 1. The van der Waals surface area contributed by atoms with Crippen LogP contribution < -0.4 is 0 Å². The lowest BCUT2D eigenvalue weighted by molar-refractivity contribution is 1.23. The van der Waals surface area contributed by atoms with Gasteiger partial charge in [-0.25, -0.2) is 0 Å². The van der Waals surface area contributed by atoms with Crippen molar-refractivity contribution in [1.82, 2.24) is 4.98 Å². The molecule has 72 valence electrons. The monoisotopic (exact) mass is 381 g/mol. The molecule has 1 aromatic heterocycles. The van der Waals surface area contributed by atoms with Crippen LogP contribution in [0.5, 0.6) is 0 Å². The lowest BCUT2D eigenvalue weighted by Gasteiger charge is -2.06. The summed E-state index contributed by atoms with van der Waals surface area (Å²) >= 11 is 11.9. The normalized spacial score (nSPS) is 10.9. The molecule has 0 atom stereocenters. The number of hydrogen-bond acceptors (Lipinski definition) is 1. The second-order valence-electron chi connectivity index (χ2n) is 2.96. The minimum atomic E-state index is 0.786. The maximum atomic E-state index is 6.23. The minimum absolute atomic E-state index is 0.786. The van der Waals surface area contributed by atoms with Gasteiger partial charge < -0.3 is 0 Å². The summed E-state index contributed by atoms with van der Waals surface area (Å²) in [7, 11) is 0. The Kier molecular flexibility index (Phi) is 3.00. The van der Waals surface area contributed by atoms with Gasteiger partial charge in [-0.3, -0.25) is 4.98 Å². The van der Waals surface area contributed by atoms with Gasteiger partial charge >= 0.3 is 0 Å². The van der Waals surface area contributed by atoms with Crippen LogP contribution in [0.25, 0.3) is 10.9 Å². The standard InChI is InChI=1S/C10H6BrClIN/c1-5-9(13)8(12)6-3-2-4-7(11)10(6)14-5/h2-4H,1H3. The molecule has 1 aromatic carbocycles. The van der Waals surface area contributed by atoms with Crippen molar-refractivity contribution in [2.24, 2.45) is 0 Å². The highest BCUT2D eigenvalue weighted by Crippen LogP contribution is 2.32. The molecule has 0 aliphatic carbocycles. The van der Waals surface area contributed by atoms with E-state index in [0.717, 1.165) is 29.7 Å². The van der Waals surface area contributed by atoms with E-state index < -0.39 is 0 Å². The van der Waals surface area contributed by atoms with Crippen molar-refractivity contribution < 1.29 is 0 Å². The first kappa shape index (κ1) is 10.6. The number of pyridine rings is 1. The van der Waals surface area contributed by atoms with E-state index in [2.05, 4.69) is 43.5 Å². The molecule has 0 fully saturated rings. The lowest BCUT2D eigenvalue weighted by atomic mass is 10.2. The van der Waals surface area contributed by atoms with Gasteiger partial charge in [0.05, 0.1) is 19.8 Å². The van der Waals surface area contributed by atoms with Crippen LogP contribution in [0.15, 0.2) is 22.7 Å². The highest BCUT2D eigenvalue weighted by molar-refractivity contribution is 14.1. The summed E-state index contributed by atoms with van der Waals surface area (Å²) in [6, 6.07) is 5.92. The van der Waals surface area contributed by atoms with E-state index in [4.69, 9.17) is 11.6 Å². The third kappa shape index (κ3) is 1.66. The number of hydrogen-bond donors (Lipinski definition) is 0. The van der Waals surface area contributed by atoms with Gasteiger partial charge in [0, 0.05) is 9.86 Å². The molecule has 0 unspecified atom stereocenters. The Hall–Kier alpha value is 0.130. The van der Waals surface area contributed by atoms with Crippen molar-refractivity contribution >= 4 is 61.0 Å². The fourth-order valence-corrected chi connectivity index (χ4v) is 2.46. The summed E-state index contributed by atoms with van der Waals surface area (Å²) in [4.78, 5) is 4.50. The summed E-state index contributed by atoms with van der Waals surface area (Å²) < 4.78 is 2.01. The number of fused-ring (bicyclic) bond motifs is 1.